The molecule has 0 bridgehead atoms. The normalized spacial score (nSPS) is 23.2. The lowest BCUT2D eigenvalue weighted by Gasteiger charge is -2.36. The molecule has 0 spiro atoms. The predicted molar refractivity (Wildman–Crippen MR) is 204 cm³/mol. The zero-order chi connectivity index (χ0) is 41.1. The van der Waals surface area contributed by atoms with Gasteiger partial charge < -0.3 is 40.5 Å². The number of rotatable bonds is 17. The highest BCUT2D eigenvalue weighted by Crippen LogP contribution is 2.56. The molecule has 16 nitrogen and oxygen atoms in total. The minimum absolute atomic E-state index is 0.0424. The van der Waals surface area contributed by atoms with E-state index < -0.39 is 83.9 Å². The van der Waals surface area contributed by atoms with E-state index in [0.717, 1.165) is 19.3 Å². The van der Waals surface area contributed by atoms with Gasteiger partial charge in [-0.1, -0.05) is 70.8 Å². The highest BCUT2D eigenvalue weighted by molar-refractivity contribution is 6.38. The van der Waals surface area contributed by atoms with Crippen LogP contribution in [0.4, 0.5) is 4.79 Å². The van der Waals surface area contributed by atoms with Gasteiger partial charge in [0.25, 0.3) is 11.8 Å². The number of nitrogens with zero attached hydrogens (tertiary/aromatic N) is 2. The van der Waals surface area contributed by atoms with E-state index in [2.05, 4.69) is 21.3 Å². The quantitative estimate of drug-likeness (QED) is 0.0957. The van der Waals surface area contributed by atoms with Gasteiger partial charge in [-0.3, -0.25) is 33.6 Å². The average molecular weight is 783 g/mol. The first-order chi connectivity index (χ1) is 26.7. The second-order valence-corrected chi connectivity index (χ2v) is 15.5. The molecule has 2 unspecified atom stereocenters. The van der Waals surface area contributed by atoms with Gasteiger partial charge in [-0.15, -0.1) is 0 Å². The highest BCUT2D eigenvalue weighted by Gasteiger charge is 2.68. The monoisotopic (exact) mass is 782 g/mol. The van der Waals surface area contributed by atoms with Crippen molar-refractivity contribution in [1.82, 2.24) is 31.1 Å². The number of Topliss-reactive ketones (excluding diaryl/α,β-unsaturated/α-hetero) is 1. The number of hydrogen-bond acceptors (Lipinski definition) is 10. The van der Waals surface area contributed by atoms with Crippen LogP contribution in [0.1, 0.15) is 79.1 Å². The van der Waals surface area contributed by atoms with Crippen LogP contribution in [-0.4, -0.2) is 116 Å². The number of nitrogens with one attached hydrogen (secondary N) is 4. The molecule has 0 aromatic heterocycles. The maximum absolute atomic E-state index is 14.4. The van der Waals surface area contributed by atoms with Gasteiger partial charge in [-0.25, -0.2) is 4.79 Å². The molecule has 3 aliphatic carbocycles. The van der Waals surface area contributed by atoms with E-state index in [1.807, 2.05) is 26.0 Å². The largest absolute Gasteiger partial charge is 0.466 e. The number of carbonyl (C=O) groups is 8. The molecular weight excluding hydrogens is 724 g/mol. The van der Waals surface area contributed by atoms with Crippen LogP contribution in [0.3, 0.4) is 0 Å². The number of hydrogen-bond donors (Lipinski definition) is 4. The molecule has 3 fully saturated rings. The molecule has 2 saturated carbocycles. The number of ether oxygens (including phenoxy) is 2. The summed E-state index contributed by atoms with van der Waals surface area (Å²) in [6.45, 7) is 6.97. The Morgan fingerprint density at radius 3 is 2.27 bits per heavy atom. The first kappa shape index (κ1) is 43.7. The third-order valence-electron chi connectivity index (χ3n) is 10.6. The molecule has 16 heteroatoms. The Morgan fingerprint density at radius 2 is 1.66 bits per heavy atom. The van der Waals surface area contributed by atoms with E-state index >= 15 is 0 Å². The van der Waals surface area contributed by atoms with Crippen LogP contribution < -0.4 is 21.3 Å². The summed E-state index contributed by atoms with van der Waals surface area (Å²) in [6.07, 6.45) is 11.4. The number of likely N-dealkylation sites (tertiary alicyclic amines) is 1. The summed E-state index contributed by atoms with van der Waals surface area (Å²) in [5, 5.41) is 10.3. The number of alkyl carbamates (subject to hydrolysis) is 1. The number of esters is 1. The molecule has 0 radical (unpaired) electrons. The second-order valence-electron chi connectivity index (χ2n) is 15.5. The Balaban J connectivity index is 1.49. The standard InChI is InChI=1S/C40H58N6O10/c1-7-15-27(34(48)36(50)41-20-28(47)43-31(37(51)45(5)6)24-16-11-9-12-17-24)42-35(49)33-29-26(30(29)39(53)55-8-2)21-46(33)38(52)32(25-18-13-10-14-19-25)44-40(54)56-22-23(3)4/h9,11-12,16,23,25-27,29-30,32-33H,7-8,10,13-15,17-22H2,1-6H3,(H,41,50)(H,42,49)(H,43,47)(H,44,54)/t26?,27?,29-,30-,32+,33+/m1/s1. The fraction of sp³-hybridized carbons (Fsp3) is 0.650. The molecule has 4 N–H and O–H groups in total. The molecule has 4 rings (SSSR count). The summed E-state index contributed by atoms with van der Waals surface area (Å²) in [7, 11) is 3.08. The summed E-state index contributed by atoms with van der Waals surface area (Å²) < 4.78 is 10.6. The Bertz CT molecular complexity index is 1610. The van der Waals surface area contributed by atoms with Crippen molar-refractivity contribution in [3.05, 3.63) is 35.6 Å². The average Bonchev–Trinajstić information content (AvgIpc) is 3.75. The van der Waals surface area contributed by atoms with E-state index in [-0.39, 0.29) is 49.6 Å². The van der Waals surface area contributed by atoms with Crippen molar-refractivity contribution in [2.75, 3.05) is 40.4 Å². The summed E-state index contributed by atoms with van der Waals surface area (Å²) in [4.78, 5) is 110. The molecule has 1 saturated heterocycles. The van der Waals surface area contributed by atoms with E-state index in [0.29, 0.717) is 31.3 Å². The molecule has 1 heterocycles. The van der Waals surface area contributed by atoms with Crippen LogP contribution in [0.15, 0.2) is 35.6 Å². The van der Waals surface area contributed by atoms with Crippen LogP contribution in [0.25, 0.3) is 0 Å². The van der Waals surface area contributed by atoms with Gasteiger partial charge in [0, 0.05) is 26.6 Å². The van der Waals surface area contributed by atoms with Crippen molar-refractivity contribution >= 4 is 47.4 Å². The molecule has 6 amide bonds. The SMILES string of the molecule is CCCC(NC(=O)[C@@H]1[C@@H]2C(CN1C(=O)[C@@H](NC(=O)OCC(C)C)C1CCCCC1)[C@H]2C(=O)OCC)C(=O)C(=O)NCC(=O)NC(C(=O)N(C)C)=C1C=CC=CC1. The molecule has 6 atom stereocenters. The van der Waals surface area contributed by atoms with Crippen molar-refractivity contribution in [3.8, 4) is 0 Å². The van der Waals surface area contributed by atoms with Gasteiger partial charge in [0.05, 0.1) is 31.7 Å². The lowest BCUT2D eigenvalue weighted by molar-refractivity contribution is -0.149. The molecular formula is C40H58N6O10. The first-order valence-electron chi connectivity index (χ1n) is 19.8. The van der Waals surface area contributed by atoms with Crippen molar-refractivity contribution in [2.45, 2.75) is 97.2 Å². The third kappa shape index (κ3) is 11.1. The van der Waals surface area contributed by atoms with E-state index in [4.69, 9.17) is 9.47 Å². The topological polar surface area (TPSA) is 210 Å². The summed E-state index contributed by atoms with van der Waals surface area (Å²) in [6, 6.07) is -3.45. The summed E-state index contributed by atoms with van der Waals surface area (Å²) in [5.41, 5.74) is 0.614. The zero-order valence-corrected chi connectivity index (χ0v) is 33.4. The zero-order valence-electron chi connectivity index (χ0n) is 33.4. The Labute approximate surface area is 328 Å². The lowest BCUT2D eigenvalue weighted by Crippen LogP contribution is -2.59. The number of piperidine rings is 1. The van der Waals surface area contributed by atoms with Gasteiger partial charge >= 0.3 is 12.1 Å². The van der Waals surface area contributed by atoms with E-state index in [1.54, 1.807) is 26.0 Å². The number of allylic oxidation sites excluding steroid dienone is 5. The van der Waals surface area contributed by atoms with Crippen LogP contribution >= 0.6 is 0 Å². The lowest BCUT2D eigenvalue weighted by atomic mass is 9.83. The Hall–Kier alpha value is -5.02. The summed E-state index contributed by atoms with van der Waals surface area (Å²) in [5.74, 6) is -6.68. The Morgan fingerprint density at radius 1 is 0.946 bits per heavy atom. The maximum atomic E-state index is 14.4. The van der Waals surface area contributed by atoms with Gasteiger partial charge in [-0.2, -0.15) is 0 Å². The fourth-order valence-corrected chi connectivity index (χ4v) is 7.76. The van der Waals surface area contributed by atoms with Crippen molar-refractivity contribution in [1.29, 1.82) is 0 Å². The molecule has 56 heavy (non-hydrogen) atoms. The van der Waals surface area contributed by atoms with E-state index in [9.17, 15) is 38.4 Å². The van der Waals surface area contributed by atoms with Crippen LogP contribution in [0.2, 0.25) is 0 Å². The summed E-state index contributed by atoms with van der Waals surface area (Å²) >= 11 is 0. The number of fused-ring (bicyclic) bond motifs is 1. The predicted octanol–water partition coefficient (Wildman–Crippen LogP) is 1.90. The van der Waals surface area contributed by atoms with Crippen molar-refractivity contribution in [3.63, 3.8) is 0 Å². The molecule has 0 aromatic rings. The van der Waals surface area contributed by atoms with E-state index in [1.165, 1.54) is 23.9 Å². The van der Waals surface area contributed by atoms with Crippen LogP contribution in [0.5, 0.6) is 0 Å². The van der Waals surface area contributed by atoms with Crippen molar-refractivity contribution in [2.24, 2.45) is 29.6 Å². The van der Waals surface area contributed by atoms with Gasteiger partial charge in [0.2, 0.25) is 23.5 Å². The maximum Gasteiger partial charge on any atom is 0.407 e. The van der Waals surface area contributed by atoms with Crippen LogP contribution in [0, 0.1) is 29.6 Å². The number of amides is 6. The molecule has 4 aliphatic rings. The number of carbonyl (C=O) groups excluding carboxylic acids is 8. The number of ketones is 1. The van der Waals surface area contributed by atoms with Crippen molar-refractivity contribution < 1.29 is 47.8 Å². The molecule has 1 aliphatic heterocycles. The van der Waals surface area contributed by atoms with Gasteiger partial charge in [0.15, 0.2) is 0 Å². The van der Waals surface area contributed by atoms with Gasteiger partial charge in [-0.05, 0) is 55.9 Å². The molecule has 0 aromatic carbocycles. The Kier molecular flexibility index (Phi) is 15.8. The fourth-order valence-electron chi connectivity index (χ4n) is 7.76. The minimum atomic E-state index is -1.31. The van der Waals surface area contributed by atoms with Gasteiger partial charge in [0.1, 0.15) is 17.8 Å². The minimum Gasteiger partial charge on any atom is -0.466 e. The third-order valence-corrected chi connectivity index (χ3v) is 10.6. The van der Waals surface area contributed by atoms with Crippen LogP contribution in [-0.2, 0) is 43.0 Å². The number of likely N-dealkylation sites (N-methyl/N-ethyl adjacent to an activating group) is 1. The smallest absolute Gasteiger partial charge is 0.407 e. The second kappa shape index (κ2) is 20.2. The first-order valence-corrected chi connectivity index (χ1v) is 19.8. The highest BCUT2D eigenvalue weighted by atomic mass is 16.5. The molecule has 308 valence electrons.